The Bertz CT molecular complexity index is 1380. The van der Waals surface area contributed by atoms with Gasteiger partial charge in [0.25, 0.3) is 5.91 Å². The predicted octanol–water partition coefficient (Wildman–Crippen LogP) is 4.85. The Morgan fingerprint density at radius 3 is 2.51 bits per heavy atom. The number of thiocarbonyl (C=S) groups is 1. The van der Waals surface area contributed by atoms with E-state index < -0.39 is 0 Å². The van der Waals surface area contributed by atoms with Crippen LogP contribution in [0, 0.1) is 19.8 Å². The second-order valence-electron chi connectivity index (χ2n) is 9.26. The number of hydrogen-bond donors (Lipinski definition) is 1. The Kier molecular flexibility index (Phi) is 6.58. The van der Waals surface area contributed by atoms with Gasteiger partial charge in [-0.25, -0.2) is 0 Å². The molecule has 1 aliphatic carbocycles. The molecule has 8 heteroatoms. The number of benzene rings is 2. The highest BCUT2D eigenvalue weighted by molar-refractivity contribution is 7.78. The fourth-order valence-electron chi connectivity index (χ4n) is 4.99. The number of fused-ring (bicyclic) bond motifs is 3. The summed E-state index contributed by atoms with van der Waals surface area (Å²) in [7, 11) is 0. The first-order valence-corrected chi connectivity index (χ1v) is 12.5. The number of carbonyl (C=O) groups excluding carboxylic acids is 1. The molecule has 2 aromatic carbocycles. The van der Waals surface area contributed by atoms with Crippen LogP contribution in [0.2, 0.25) is 0 Å². The van der Waals surface area contributed by atoms with Gasteiger partial charge in [-0.3, -0.25) is 4.79 Å². The Morgan fingerprint density at radius 2 is 1.86 bits per heavy atom. The molecule has 3 heterocycles. The summed E-state index contributed by atoms with van der Waals surface area (Å²) in [5, 5.41) is 6.53. The van der Waals surface area contributed by atoms with Gasteiger partial charge in [-0.2, -0.15) is 0 Å². The maximum absolute atomic E-state index is 13.1. The van der Waals surface area contributed by atoms with Gasteiger partial charge in [-0.1, -0.05) is 29.5 Å². The van der Waals surface area contributed by atoms with Gasteiger partial charge in [0.15, 0.2) is 0 Å². The van der Waals surface area contributed by atoms with Crippen molar-refractivity contribution in [3.8, 4) is 11.1 Å². The van der Waals surface area contributed by atoms with Crippen molar-refractivity contribution in [2.75, 3.05) is 26.3 Å². The lowest BCUT2D eigenvalue weighted by atomic mass is 10.0. The zero-order chi connectivity index (χ0) is 24.5. The average molecular weight is 491 g/mol. The maximum atomic E-state index is 13.1. The van der Waals surface area contributed by atoms with Gasteiger partial charge in [0, 0.05) is 52.6 Å². The van der Waals surface area contributed by atoms with E-state index in [9.17, 15) is 4.79 Å². The summed E-state index contributed by atoms with van der Waals surface area (Å²) >= 11 is 4.05. The number of carbonyl (C=O) groups is 1. The van der Waals surface area contributed by atoms with E-state index >= 15 is 0 Å². The van der Waals surface area contributed by atoms with Crippen molar-refractivity contribution < 1.29 is 14.1 Å². The normalized spacial score (nSPS) is 15.8. The largest absolute Gasteiger partial charge is 0.396 e. The number of amides is 1. The molecule has 2 fully saturated rings. The summed E-state index contributed by atoms with van der Waals surface area (Å²) in [6.07, 6.45) is 2.56. The van der Waals surface area contributed by atoms with E-state index in [0.717, 1.165) is 51.6 Å². The van der Waals surface area contributed by atoms with Crippen molar-refractivity contribution in [1.29, 1.82) is 0 Å². The van der Waals surface area contributed by atoms with E-state index in [-0.39, 0.29) is 5.91 Å². The SMILES string of the molecule is Cc1noc(C)c1-c1ccc2c(c1)c1ccc(C(=O)N3CCOCC3)cc1n2CC1CC1.NC=S. The molecule has 0 atom stereocenters. The van der Waals surface area contributed by atoms with E-state index in [2.05, 4.69) is 58.0 Å². The van der Waals surface area contributed by atoms with Gasteiger partial charge in [0.2, 0.25) is 0 Å². The van der Waals surface area contributed by atoms with Crippen molar-refractivity contribution in [1.82, 2.24) is 14.6 Å². The number of ether oxygens (including phenoxy) is 1. The third kappa shape index (κ3) is 4.56. The van der Waals surface area contributed by atoms with Gasteiger partial charge in [-0.15, -0.1) is 0 Å². The fourth-order valence-corrected chi connectivity index (χ4v) is 4.99. The highest BCUT2D eigenvalue weighted by Gasteiger charge is 2.25. The molecular weight excluding hydrogens is 460 g/mol. The standard InChI is InChI=1S/C26H27N3O3.CH3NS/c1-16-25(17(2)32-27-16)19-6-8-23-22(13-19)21-7-5-20(26(30)28-9-11-31-12-10-28)14-24(21)29(23)15-18-3-4-18;2-1-3/h5-8,13-14,18H,3-4,9-12,15H2,1-2H3;1H,(H2,2,3). The van der Waals surface area contributed by atoms with Crippen LogP contribution in [-0.4, -0.2) is 52.3 Å². The van der Waals surface area contributed by atoms with Crippen LogP contribution < -0.4 is 5.73 Å². The Balaban J connectivity index is 0.000000806. The highest BCUT2D eigenvalue weighted by Crippen LogP contribution is 2.38. The summed E-state index contributed by atoms with van der Waals surface area (Å²) in [5.41, 5.74) is 11.8. The smallest absolute Gasteiger partial charge is 0.254 e. The first-order chi connectivity index (χ1) is 17.0. The number of nitrogens with two attached hydrogens (primary N) is 1. The lowest BCUT2D eigenvalue weighted by Gasteiger charge is -2.26. The first-order valence-electron chi connectivity index (χ1n) is 12.0. The molecule has 182 valence electrons. The number of aromatic nitrogens is 2. The molecule has 2 N–H and O–H groups in total. The van der Waals surface area contributed by atoms with Crippen LogP contribution in [0.25, 0.3) is 32.9 Å². The molecule has 0 radical (unpaired) electrons. The van der Waals surface area contributed by atoms with Gasteiger partial charge in [-0.05, 0) is 62.4 Å². The molecule has 0 spiro atoms. The average Bonchev–Trinajstić information content (AvgIpc) is 3.57. The van der Waals surface area contributed by atoms with E-state index in [1.807, 2.05) is 24.8 Å². The summed E-state index contributed by atoms with van der Waals surface area (Å²) in [4.78, 5) is 15.0. The van der Waals surface area contributed by atoms with Crippen LogP contribution in [0.5, 0.6) is 0 Å². The number of hydrogen-bond acceptors (Lipinski definition) is 5. The van der Waals surface area contributed by atoms with Crippen LogP contribution in [-0.2, 0) is 11.3 Å². The molecule has 1 saturated heterocycles. The minimum absolute atomic E-state index is 0.0924. The molecule has 35 heavy (non-hydrogen) atoms. The molecule has 0 bridgehead atoms. The van der Waals surface area contributed by atoms with Crippen molar-refractivity contribution in [2.24, 2.45) is 11.7 Å². The van der Waals surface area contributed by atoms with Crippen LogP contribution in [0.15, 0.2) is 40.9 Å². The molecule has 1 amide bonds. The molecule has 1 saturated carbocycles. The lowest BCUT2D eigenvalue weighted by Crippen LogP contribution is -2.40. The van der Waals surface area contributed by atoms with Gasteiger partial charge < -0.3 is 24.5 Å². The third-order valence-electron chi connectivity index (χ3n) is 6.87. The zero-order valence-electron chi connectivity index (χ0n) is 20.1. The van der Waals surface area contributed by atoms with Crippen LogP contribution in [0.4, 0.5) is 0 Å². The first kappa shape index (κ1) is 23.5. The predicted molar refractivity (Wildman–Crippen MR) is 142 cm³/mol. The summed E-state index contributed by atoms with van der Waals surface area (Å²) < 4.78 is 13.2. The van der Waals surface area contributed by atoms with E-state index in [1.54, 1.807) is 0 Å². The summed E-state index contributed by atoms with van der Waals surface area (Å²) in [5.74, 6) is 1.66. The van der Waals surface area contributed by atoms with Crippen LogP contribution in [0.1, 0.15) is 34.7 Å². The monoisotopic (exact) mass is 490 g/mol. The number of morpholine rings is 1. The lowest BCUT2D eigenvalue weighted by molar-refractivity contribution is 0.0303. The Morgan fingerprint density at radius 1 is 1.11 bits per heavy atom. The van der Waals surface area contributed by atoms with E-state index in [4.69, 9.17) is 9.26 Å². The molecule has 4 aromatic rings. The van der Waals surface area contributed by atoms with Crippen molar-refractivity contribution >= 4 is 45.4 Å². The Hall–Kier alpha value is -3.23. The molecule has 6 rings (SSSR count). The van der Waals surface area contributed by atoms with Crippen molar-refractivity contribution in [3.05, 3.63) is 53.4 Å². The number of nitrogens with zero attached hydrogens (tertiary/aromatic N) is 3. The number of aryl methyl sites for hydroxylation is 2. The summed E-state index contributed by atoms with van der Waals surface area (Å²) in [6, 6.07) is 12.8. The molecule has 7 nitrogen and oxygen atoms in total. The van der Waals surface area contributed by atoms with Gasteiger partial charge in [0.1, 0.15) is 5.76 Å². The maximum Gasteiger partial charge on any atom is 0.254 e. The van der Waals surface area contributed by atoms with E-state index in [1.165, 1.54) is 29.1 Å². The molecule has 0 unspecified atom stereocenters. The molecule has 1 aliphatic heterocycles. The zero-order valence-corrected chi connectivity index (χ0v) is 20.9. The third-order valence-corrected chi connectivity index (χ3v) is 6.87. The molecular formula is C27H30N4O3S. The second kappa shape index (κ2) is 9.79. The van der Waals surface area contributed by atoms with Gasteiger partial charge in [0.05, 0.1) is 24.4 Å². The van der Waals surface area contributed by atoms with Crippen molar-refractivity contribution in [2.45, 2.75) is 33.2 Å². The fraction of sp³-hybridized carbons (Fsp3) is 0.370. The van der Waals surface area contributed by atoms with Crippen molar-refractivity contribution in [3.63, 3.8) is 0 Å². The minimum Gasteiger partial charge on any atom is -0.396 e. The quantitative estimate of drug-likeness (QED) is 0.412. The molecule has 2 aliphatic rings. The topological polar surface area (TPSA) is 86.5 Å². The van der Waals surface area contributed by atoms with Gasteiger partial charge >= 0.3 is 0 Å². The number of rotatable bonds is 4. The van der Waals surface area contributed by atoms with E-state index in [0.29, 0.717) is 26.3 Å². The Labute approximate surface area is 209 Å². The second-order valence-corrected chi connectivity index (χ2v) is 9.53. The summed E-state index contributed by atoms with van der Waals surface area (Å²) in [6.45, 7) is 7.47. The van der Waals surface area contributed by atoms with Crippen LogP contribution >= 0.6 is 12.2 Å². The van der Waals surface area contributed by atoms with Crippen LogP contribution in [0.3, 0.4) is 0 Å². The molecule has 2 aromatic heterocycles. The minimum atomic E-state index is 0.0924. The highest BCUT2D eigenvalue weighted by atomic mass is 32.1.